The van der Waals surface area contributed by atoms with E-state index in [1.165, 1.54) is 4.90 Å². The quantitative estimate of drug-likeness (QED) is 0.768. The van der Waals surface area contributed by atoms with Crippen LogP contribution in [0.5, 0.6) is 0 Å². The number of nitrogens with one attached hydrogen (secondary N) is 1. The van der Waals surface area contributed by atoms with Gasteiger partial charge in [-0.3, -0.25) is 14.6 Å². The molecule has 3 heterocycles. The van der Waals surface area contributed by atoms with Crippen molar-refractivity contribution in [2.45, 2.75) is 50.8 Å². The third-order valence-corrected chi connectivity index (χ3v) is 4.54. The Morgan fingerprint density at radius 3 is 2.85 bits per heavy atom. The molecule has 3 aliphatic heterocycles. The van der Waals surface area contributed by atoms with Gasteiger partial charge in [0.2, 0.25) is 0 Å². The summed E-state index contributed by atoms with van der Waals surface area (Å²) < 4.78 is 5.65. The summed E-state index contributed by atoms with van der Waals surface area (Å²) in [5.41, 5.74) is -0.694. The zero-order valence-electron chi connectivity index (χ0n) is 12.2. The Kier molecular flexibility index (Phi) is 3.46. The van der Waals surface area contributed by atoms with Gasteiger partial charge in [0.05, 0.1) is 6.10 Å². The Hall–Kier alpha value is -1.14. The van der Waals surface area contributed by atoms with Crippen LogP contribution in [-0.4, -0.2) is 65.7 Å². The standard InChI is InChI=1S/C14H23N3O3/c1-10(2)17-12(18)14(15-13(17)19)5-6-16(9-14)8-11-4-3-7-20-11/h10-11H,3-9H2,1-2H3,(H,15,19)/t11-,14+/m0/s1. The molecule has 1 spiro atoms. The van der Waals surface area contributed by atoms with Crippen molar-refractivity contribution >= 4 is 11.9 Å². The number of rotatable bonds is 3. The largest absolute Gasteiger partial charge is 0.377 e. The Labute approximate surface area is 119 Å². The summed E-state index contributed by atoms with van der Waals surface area (Å²) >= 11 is 0. The average molecular weight is 281 g/mol. The number of urea groups is 1. The van der Waals surface area contributed by atoms with Crippen molar-refractivity contribution in [2.75, 3.05) is 26.2 Å². The van der Waals surface area contributed by atoms with Crippen molar-refractivity contribution in [3.05, 3.63) is 0 Å². The molecule has 3 amide bonds. The van der Waals surface area contributed by atoms with E-state index in [9.17, 15) is 9.59 Å². The minimum atomic E-state index is -0.694. The molecule has 20 heavy (non-hydrogen) atoms. The van der Waals surface area contributed by atoms with Crippen LogP contribution < -0.4 is 5.32 Å². The molecule has 0 aromatic rings. The molecule has 3 fully saturated rings. The SMILES string of the molecule is CC(C)N1C(=O)N[C@@]2(CCN(C[C@@H]3CCCO3)C2)C1=O. The second-order valence-corrected chi connectivity index (χ2v) is 6.40. The molecule has 3 rings (SSSR count). The average Bonchev–Trinajstić information content (AvgIpc) is 3.04. The van der Waals surface area contributed by atoms with Crippen LogP contribution in [0.15, 0.2) is 0 Å². The van der Waals surface area contributed by atoms with Gasteiger partial charge in [0.1, 0.15) is 5.54 Å². The minimum Gasteiger partial charge on any atom is -0.377 e. The van der Waals surface area contributed by atoms with Crippen molar-refractivity contribution in [3.63, 3.8) is 0 Å². The fourth-order valence-corrected chi connectivity index (χ4v) is 3.51. The second-order valence-electron chi connectivity index (χ2n) is 6.40. The number of ether oxygens (including phenoxy) is 1. The highest BCUT2D eigenvalue weighted by Gasteiger charge is 2.55. The lowest BCUT2D eigenvalue weighted by atomic mass is 9.98. The molecule has 0 unspecified atom stereocenters. The molecule has 0 radical (unpaired) electrons. The number of nitrogens with zero attached hydrogens (tertiary/aromatic N) is 2. The van der Waals surface area contributed by atoms with E-state index >= 15 is 0 Å². The molecule has 6 nitrogen and oxygen atoms in total. The van der Waals surface area contributed by atoms with Crippen molar-refractivity contribution < 1.29 is 14.3 Å². The Balaban J connectivity index is 1.66. The van der Waals surface area contributed by atoms with Crippen LogP contribution in [0.2, 0.25) is 0 Å². The summed E-state index contributed by atoms with van der Waals surface area (Å²) in [5, 5.41) is 2.92. The minimum absolute atomic E-state index is 0.0626. The molecular formula is C14H23N3O3. The molecule has 6 heteroatoms. The van der Waals surface area contributed by atoms with Gasteiger partial charge in [0.25, 0.3) is 5.91 Å². The normalized spacial score (nSPS) is 34.8. The maximum absolute atomic E-state index is 12.5. The molecule has 112 valence electrons. The zero-order chi connectivity index (χ0) is 14.3. The Bertz CT molecular complexity index is 420. The van der Waals surface area contributed by atoms with E-state index in [2.05, 4.69) is 10.2 Å². The van der Waals surface area contributed by atoms with E-state index in [4.69, 9.17) is 4.74 Å². The summed E-state index contributed by atoms with van der Waals surface area (Å²) in [4.78, 5) is 28.1. The first kappa shape index (κ1) is 13.8. The first-order valence-corrected chi connectivity index (χ1v) is 7.52. The van der Waals surface area contributed by atoms with Gasteiger partial charge in [-0.05, 0) is 33.1 Å². The Morgan fingerprint density at radius 1 is 1.45 bits per heavy atom. The number of carbonyl (C=O) groups excluding carboxylic acids is 2. The number of likely N-dealkylation sites (tertiary alicyclic amines) is 1. The summed E-state index contributed by atoms with van der Waals surface area (Å²) in [6.07, 6.45) is 3.22. The van der Waals surface area contributed by atoms with Gasteiger partial charge in [0.15, 0.2) is 0 Å². The molecule has 0 aromatic carbocycles. The fourth-order valence-electron chi connectivity index (χ4n) is 3.51. The number of hydrogen-bond acceptors (Lipinski definition) is 4. The third-order valence-electron chi connectivity index (χ3n) is 4.54. The lowest BCUT2D eigenvalue weighted by molar-refractivity contribution is -0.132. The number of carbonyl (C=O) groups is 2. The molecule has 3 saturated heterocycles. The van der Waals surface area contributed by atoms with Gasteiger partial charge in [-0.1, -0.05) is 0 Å². The van der Waals surface area contributed by atoms with Crippen molar-refractivity contribution in [3.8, 4) is 0 Å². The van der Waals surface area contributed by atoms with Crippen LogP contribution in [-0.2, 0) is 9.53 Å². The number of amides is 3. The summed E-state index contributed by atoms with van der Waals surface area (Å²) in [7, 11) is 0. The van der Waals surface area contributed by atoms with Gasteiger partial charge in [-0.25, -0.2) is 4.79 Å². The molecule has 0 aliphatic carbocycles. The van der Waals surface area contributed by atoms with Crippen LogP contribution in [0.1, 0.15) is 33.1 Å². The first-order chi connectivity index (χ1) is 9.52. The van der Waals surface area contributed by atoms with E-state index in [1.807, 2.05) is 13.8 Å². The van der Waals surface area contributed by atoms with Crippen LogP contribution >= 0.6 is 0 Å². The van der Waals surface area contributed by atoms with E-state index in [1.54, 1.807) is 0 Å². The van der Waals surface area contributed by atoms with Crippen molar-refractivity contribution in [1.29, 1.82) is 0 Å². The van der Waals surface area contributed by atoms with Crippen LogP contribution in [0, 0.1) is 0 Å². The summed E-state index contributed by atoms with van der Waals surface area (Å²) in [5.74, 6) is -0.0626. The molecular weight excluding hydrogens is 258 g/mol. The van der Waals surface area contributed by atoms with E-state index < -0.39 is 5.54 Å². The topological polar surface area (TPSA) is 61.9 Å². The monoisotopic (exact) mass is 281 g/mol. The number of imide groups is 1. The highest BCUT2D eigenvalue weighted by molar-refractivity contribution is 6.07. The summed E-state index contributed by atoms with van der Waals surface area (Å²) in [6, 6.07) is -0.335. The van der Waals surface area contributed by atoms with Gasteiger partial charge in [-0.2, -0.15) is 0 Å². The van der Waals surface area contributed by atoms with Crippen molar-refractivity contribution in [2.24, 2.45) is 0 Å². The zero-order valence-corrected chi connectivity index (χ0v) is 12.2. The molecule has 3 aliphatic rings. The van der Waals surface area contributed by atoms with Gasteiger partial charge in [0, 0.05) is 32.3 Å². The van der Waals surface area contributed by atoms with Crippen LogP contribution in [0.25, 0.3) is 0 Å². The Morgan fingerprint density at radius 2 is 2.25 bits per heavy atom. The lowest BCUT2D eigenvalue weighted by Crippen LogP contribution is -2.50. The van der Waals surface area contributed by atoms with Gasteiger partial charge in [-0.15, -0.1) is 0 Å². The number of hydrogen-bond donors (Lipinski definition) is 1. The predicted molar refractivity (Wildman–Crippen MR) is 73.3 cm³/mol. The van der Waals surface area contributed by atoms with Crippen LogP contribution in [0.4, 0.5) is 4.79 Å². The van der Waals surface area contributed by atoms with E-state index in [0.29, 0.717) is 19.1 Å². The maximum Gasteiger partial charge on any atom is 0.325 e. The molecule has 0 aromatic heterocycles. The second kappa shape index (κ2) is 5.00. The predicted octanol–water partition coefficient (Wildman–Crippen LogP) is 0.570. The molecule has 0 bridgehead atoms. The van der Waals surface area contributed by atoms with E-state index in [0.717, 1.165) is 32.5 Å². The molecule has 1 N–H and O–H groups in total. The van der Waals surface area contributed by atoms with Gasteiger partial charge < -0.3 is 10.1 Å². The highest BCUT2D eigenvalue weighted by atomic mass is 16.5. The molecule has 0 saturated carbocycles. The lowest BCUT2D eigenvalue weighted by Gasteiger charge is -2.24. The highest BCUT2D eigenvalue weighted by Crippen LogP contribution is 2.30. The van der Waals surface area contributed by atoms with E-state index in [-0.39, 0.29) is 18.0 Å². The third kappa shape index (κ3) is 2.20. The van der Waals surface area contributed by atoms with Crippen molar-refractivity contribution in [1.82, 2.24) is 15.1 Å². The fraction of sp³-hybridized carbons (Fsp3) is 0.857. The summed E-state index contributed by atoms with van der Waals surface area (Å²) in [6.45, 7) is 6.91. The van der Waals surface area contributed by atoms with Crippen LogP contribution in [0.3, 0.4) is 0 Å². The molecule has 2 atom stereocenters. The van der Waals surface area contributed by atoms with Gasteiger partial charge >= 0.3 is 6.03 Å². The smallest absolute Gasteiger partial charge is 0.325 e. The maximum atomic E-state index is 12.5. The first-order valence-electron chi connectivity index (χ1n) is 7.52.